The molecule has 220 valence electrons. The first-order valence-electron chi connectivity index (χ1n) is 12.6. The van der Waals surface area contributed by atoms with Crippen molar-refractivity contribution in [3.8, 4) is 17.4 Å². The maximum Gasteiger partial charge on any atom is 0.251 e. The van der Waals surface area contributed by atoms with Gasteiger partial charge in [-0.1, -0.05) is 17.7 Å². The molecule has 0 spiro atoms. The number of methoxy groups -OCH3 is 3. The molecule has 1 amide bonds. The first-order valence-corrected chi connectivity index (χ1v) is 14.4. The lowest BCUT2D eigenvalue weighted by Gasteiger charge is -2.33. The number of carbonyl (C=O) groups is 1. The number of hydrogen-bond donors (Lipinski definition) is 0. The number of amides is 1. The molecule has 0 saturated carbocycles. The first-order chi connectivity index (χ1) is 19.5. The second-order valence-electron chi connectivity index (χ2n) is 9.48. The predicted octanol–water partition coefficient (Wildman–Crippen LogP) is 4.78. The molecular formula is C28H30ClF2N3O6S. The number of benzene rings is 2. The van der Waals surface area contributed by atoms with E-state index in [0.29, 0.717) is 27.6 Å². The van der Waals surface area contributed by atoms with Gasteiger partial charge in [0.15, 0.2) is 0 Å². The number of halogens is 3. The van der Waals surface area contributed by atoms with Crippen molar-refractivity contribution in [1.29, 1.82) is 0 Å². The van der Waals surface area contributed by atoms with Crippen LogP contribution in [0.25, 0.3) is 0 Å². The number of sulfonamides is 1. The number of carbonyl (C=O) groups excluding carboxylic acids is 1. The Morgan fingerprint density at radius 1 is 1.05 bits per heavy atom. The van der Waals surface area contributed by atoms with Crippen LogP contribution in [0.5, 0.6) is 17.4 Å². The quantitative estimate of drug-likeness (QED) is 0.326. The number of nitrogens with zero attached hydrogens (tertiary/aromatic N) is 3. The minimum absolute atomic E-state index is 0.0719. The smallest absolute Gasteiger partial charge is 0.251 e. The van der Waals surface area contributed by atoms with Crippen molar-refractivity contribution < 1.29 is 36.2 Å². The van der Waals surface area contributed by atoms with Crippen molar-refractivity contribution >= 4 is 27.5 Å². The Labute approximate surface area is 242 Å². The highest BCUT2D eigenvalue weighted by molar-refractivity contribution is 7.89. The van der Waals surface area contributed by atoms with Crippen molar-refractivity contribution in [1.82, 2.24) is 14.2 Å². The van der Waals surface area contributed by atoms with Gasteiger partial charge in [-0.3, -0.25) is 4.79 Å². The number of alkyl halides is 2. The van der Waals surface area contributed by atoms with Gasteiger partial charge in [-0.25, -0.2) is 22.2 Å². The fourth-order valence-electron chi connectivity index (χ4n) is 4.57. The summed E-state index contributed by atoms with van der Waals surface area (Å²) in [4.78, 5) is 19.1. The van der Waals surface area contributed by atoms with E-state index >= 15 is 8.78 Å². The van der Waals surface area contributed by atoms with Gasteiger partial charge < -0.3 is 19.1 Å². The Morgan fingerprint density at radius 2 is 1.78 bits per heavy atom. The summed E-state index contributed by atoms with van der Waals surface area (Å²) >= 11 is 5.96. The third-order valence-electron chi connectivity index (χ3n) is 6.80. The summed E-state index contributed by atoms with van der Waals surface area (Å²) in [6, 6.07) is 11.7. The topological polar surface area (TPSA) is 98.3 Å². The molecule has 1 unspecified atom stereocenters. The molecule has 2 heterocycles. The van der Waals surface area contributed by atoms with Gasteiger partial charge in [-0.05, 0) is 42.0 Å². The molecule has 4 rings (SSSR count). The third kappa shape index (κ3) is 7.06. The lowest BCUT2D eigenvalue weighted by Crippen LogP contribution is -2.50. The van der Waals surface area contributed by atoms with Gasteiger partial charge in [0, 0.05) is 61.4 Å². The Kier molecular flexibility index (Phi) is 9.35. The maximum absolute atomic E-state index is 15.2. The summed E-state index contributed by atoms with van der Waals surface area (Å²) in [5, 5.41) is 0.298. The number of rotatable bonds is 10. The SMILES string of the molecule is COc1ccc(CN2CCC(F)(F)CC(N(Cc3ccc(OC)nc3)S(=O)(=O)c3ccc(Cl)cc3)C2=O)c(OC)c1. The number of aromatic nitrogens is 1. The highest BCUT2D eigenvalue weighted by Crippen LogP contribution is 2.36. The van der Waals surface area contributed by atoms with E-state index in [4.69, 9.17) is 25.8 Å². The molecule has 0 radical (unpaired) electrons. The van der Waals surface area contributed by atoms with Crippen LogP contribution in [0.3, 0.4) is 0 Å². The van der Waals surface area contributed by atoms with Gasteiger partial charge in [-0.2, -0.15) is 4.31 Å². The van der Waals surface area contributed by atoms with Gasteiger partial charge in [0.1, 0.15) is 17.5 Å². The van der Waals surface area contributed by atoms with Crippen LogP contribution < -0.4 is 14.2 Å². The average molecular weight is 610 g/mol. The zero-order valence-electron chi connectivity index (χ0n) is 22.7. The zero-order chi connectivity index (χ0) is 29.8. The molecule has 9 nitrogen and oxygen atoms in total. The van der Waals surface area contributed by atoms with E-state index in [1.807, 2.05) is 0 Å². The molecule has 1 aliphatic heterocycles. The standard InChI is InChI=1S/C28H30ClF2N3O6S/c1-38-22-8-5-20(25(14-22)39-2)18-33-13-12-28(30,31)15-24(27(33)35)34(17-19-4-11-26(40-3)32-16-19)41(36,37)23-9-6-21(29)7-10-23/h4-11,14,16,24H,12-13,15,17-18H2,1-3H3. The van der Waals surface area contributed by atoms with Crippen LogP contribution in [0.2, 0.25) is 5.02 Å². The van der Waals surface area contributed by atoms with Crippen LogP contribution in [0, 0.1) is 0 Å². The summed E-state index contributed by atoms with van der Waals surface area (Å²) in [5.74, 6) is -2.85. The molecule has 2 aromatic carbocycles. The summed E-state index contributed by atoms with van der Waals surface area (Å²) < 4.78 is 74.9. The molecule has 1 fully saturated rings. The van der Waals surface area contributed by atoms with E-state index in [2.05, 4.69) is 4.98 Å². The monoisotopic (exact) mass is 609 g/mol. The summed E-state index contributed by atoms with van der Waals surface area (Å²) in [6.45, 7) is -0.734. The Balaban J connectivity index is 1.77. The number of hydrogen-bond acceptors (Lipinski definition) is 7. The number of ether oxygens (including phenoxy) is 3. The molecular weight excluding hydrogens is 580 g/mol. The number of pyridine rings is 1. The van der Waals surface area contributed by atoms with Gasteiger partial charge in [-0.15, -0.1) is 0 Å². The van der Waals surface area contributed by atoms with E-state index in [1.165, 1.54) is 62.8 Å². The minimum atomic E-state index is -4.46. The van der Waals surface area contributed by atoms with Crippen molar-refractivity contribution in [2.75, 3.05) is 27.9 Å². The molecule has 41 heavy (non-hydrogen) atoms. The Hall–Kier alpha value is -3.48. The van der Waals surface area contributed by atoms with Crippen LogP contribution >= 0.6 is 11.6 Å². The molecule has 0 aliphatic carbocycles. The summed E-state index contributed by atoms with van der Waals surface area (Å²) in [6.07, 6.45) is -0.242. The fraction of sp³-hybridized carbons (Fsp3) is 0.357. The molecule has 13 heteroatoms. The van der Waals surface area contributed by atoms with Crippen LogP contribution in [0.1, 0.15) is 24.0 Å². The zero-order valence-corrected chi connectivity index (χ0v) is 24.3. The Bertz CT molecular complexity index is 1470. The van der Waals surface area contributed by atoms with Crippen LogP contribution in [-0.4, -0.2) is 68.4 Å². The van der Waals surface area contributed by atoms with Gasteiger partial charge in [0.05, 0.1) is 26.2 Å². The van der Waals surface area contributed by atoms with Crippen molar-refractivity contribution in [3.63, 3.8) is 0 Å². The molecule has 1 saturated heterocycles. The highest BCUT2D eigenvalue weighted by atomic mass is 35.5. The largest absolute Gasteiger partial charge is 0.497 e. The molecule has 1 aromatic heterocycles. The predicted molar refractivity (Wildman–Crippen MR) is 148 cm³/mol. The maximum atomic E-state index is 15.2. The second-order valence-corrected chi connectivity index (χ2v) is 11.8. The second kappa shape index (κ2) is 12.6. The molecule has 0 bridgehead atoms. The lowest BCUT2D eigenvalue weighted by molar-refractivity contribution is -0.136. The van der Waals surface area contributed by atoms with Gasteiger partial charge in [0.2, 0.25) is 21.8 Å². The van der Waals surface area contributed by atoms with E-state index in [0.717, 1.165) is 4.31 Å². The highest BCUT2D eigenvalue weighted by Gasteiger charge is 2.47. The van der Waals surface area contributed by atoms with Crippen molar-refractivity contribution in [3.05, 3.63) is 76.9 Å². The van der Waals surface area contributed by atoms with E-state index in [-0.39, 0.29) is 30.4 Å². The van der Waals surface area contributed by atoms with E-state index in [9.17, 15) is 13.2 Å². The molecule has 3 aromatic rings. The summed E-state index contributed by atoms with van der Waals surface area (Å²) in [7, 11) is -0.0858. The fourth-order valence-corrected chi connectivity index (χ4v) is 6.27. The third-order valence-corrected chi connectivity index (χ3v) is 8.93. The van der Waals surface area contributed by atoms with Crippen LogP contribution in [-0.2, 0) is 27.9 Å². The normalized spacial score (nSPS) is 17.3. The average Bonchev–Trinajstić information content (AvgIpc) is 3.07. The van der Waals surface area contributed by atoms with Crippen molar-refractivity contribution in [2.24, 2.45) is 0 Å². The molecule has 1 atom stereocenters. The van der Waals surface area contributed by atoms with Crippen LogP contribution in [0.15, 0.2) is 65.7 Å². The van der Waals surface area contributed by atoms with Crippen LogP contribution in [0.4, 0.5) is 8.78 Å². The Morgan fingerprint density at radius 3 is 2.39 bits per heavy atom. The van der Waals surface area contributed by atoms with Crippen molar-refractivity contribution in [2.45, 2.75) is 42.8 Å². The molecule has 1 aliphatic rings. The summed E-state index contributed by atoms with van der Waals surface area (Å²) in [5.41, 5.74) is 0.934. The van der Waals surface area contributed by atoms with Gasteiger partial charge >= 0.3 is 0 Å². The van der Waals surface area contributed by atoms with Gasteiger partial charge in [0.25, 0.3) is 5.92 Å². The van der Waals surface area contributed by atoms with E-state index in [1.54, 1.807) is 24.3 Å². The van der Waals surface area contributed by atoms with E-state index < -0.39 is 40.7 Å². The first kappa shape index (κ1) is 30.5. The molecule has 0 N–H and O–H groups in total. The lowest BCUT2D eigenvalue weighted by atomic mass is 10.1. The number of likely N-dealkylation sites (tertiary alicyclic amines) is 1. The minimum Gasteiger partial charge on any atom is -0.497 e.